The number of esters is 1. The van der Waals surface area contributed by atoms with Crippen molar-refractivity contribution in [2.45, 2.75) is 96.5 Å². The third-order valence-electron chi connectivity index (χ3n) is 3.95. The standard InChI is InChI=1S/C19H36O3/c1-3-4-5-6-7-9-12-15-18(20)16-13-10-8-11-14-17-19(21)22-2/h9,12,18,20H,3-8,10-11,13-17H2,1-2H3. The number of aliphatic hydroxyl groups is 1. The molecule has 0 radical (unpaired) electrons. The van der Waals surface area contributed by atoms with Crippen LogP contribution in [0, 0.1) is 0 Å². The molecule has 0 rings (SSSR count). The number of methoxy groups -OCH3 is 1. The molecule has 0 heterocycles. The van der Waals surface area contributed by atoms with E-state index in [0.29, 0.717) is 6.42 Å². The molecule has 0 spiro atoms. The van der Waals surface area contributed by atoms with E-state index in [-0.39, 0.29) is 12.1 Å². The van der Waals surface area contributed by atoms with Gasteiger partial charge in [0.05, 0.1) is 13.2 Å². The lowest BCUT2D eigenvalue weighted by Crippen LogP contribution is -2.04. The van der Waals surface area contributed by atoms with E-state index in [2.05, 4.69) is 23.8 Å². The second kappa shape index (κ2) is 16.5. The average Bonchev–Trinajstić information content (AvgIpc) is 2.52. The topological polar surface area (TPSA) is 46.5 Å². The molecule has 1 N–H and O–H groups in total. The van der Waals surface area contributed by atoms with E-state index in [0.717, 1.165) is 51.4 Å². The maximum Gasteiger partial charge on any atom is 0.305 e. The molecule has 22 heavy (non-hydrogen) atoms. The van der Waals surface area contributed by atoms with Gasteiger partial charge in [-0.25, -0.2) is 0 Å². The van der Waals surface area contributed by atoms with Gasteiger partial charge in [0.1, 0.15) is 0 Å². The largest absolute Gasteiger partial charge is 0.469 e. The number of carbonyl (C=O) groups is 1. The third kappa shape index (κ3) is 15.6. The first-order valence-corrected chi connectivity index (χ1v) is 9.10. The molecule has 0 bridgehead atoms. The maximum atomic E-state index is 10.9. The SMILES string of the molecule is CCCCCCC=CCC(O)CCCCCCCC(=O)OC. The van der Waals surface area contributed by atoms with Crippen LogP contribution in [0.15, 0.2) is 12.2 Å². The molecule has 0 aliphatic heterocycles. The van der Waals surface area contributed by atoms with Gasteiger partial charge in [-0.05, 0) is 32.1 Å². The Labute approximate surface area is 137 Å². The van der Waals surface area contributed by atoms with Crippen molar-refractivity contribution in [3.8, 4) is 0 Å². The Bertz CT molecular complexity index is 274. The fraction of sp³-hybridized carbons (Fsp3) is 0.842. The average molecular weight is 312 g/mol. The minimum absolute atomic E-state index is 0.114. The molecular formula is C19H36O3. The highest BCUT2D eigenvalue weighted by atomic mass is 16.5. The summed E-state index contributed by atoms with van der Waals surface area (Å²) < 4.78 is 4.60. The summed E-state index contributed by atoms with van der Waals surface area (Å²) in [6.07, 6.45) is 18.0. The summed E-state index contributed by atoms with van der Waals surface area (Å²) >= 11 is 0. The second-order valence-electron chi connectivity index (χ2n) is 6.09. The number of hydrogen-bond acceptors (Lipinski definition) is 3. The smallest absolute Gasteiger partial charge is 0.305 e. The first-order chi connectivity index (χ1) is 10.7. The molecule has 1 unspecified atom stereocenters. The highest BCUT2D eigenvalue weighted by Gasteiger charge is 2.02. The summed E-state index contributed by atoms with van der Waals surface area (Å²) in [7, 11) is 1.43. The fourth-order valence-electron chi connectivity index (χ4n) is 2.46. The number of ether oxygens (including phenoxy) is 1. The molecule has 0 fully saturated rings. The van der Waals surface area contributed by atoms with E-state index in [1.807, 2.05) is 0 Å². The van der Waals surface area contributed by atoms with E-state index >= 15 is 0 Å². The summed E-state index contributed by atoms with van der Waals surface area (Å²) in [4.78, 5) is 10.9. The molecule has 0 aromatic heterocycles. The number of allylic oxidation sites excluding steroid dienone is 1. The van der Waals surface area contributed by atoms with E-state index in [4.69, 9.17) is 0 Å². The predicted octanol–water partition coefficient (Wildman–Crippen LogP) is 5.17. The summed E-state index contributed by atoms with van der Waals surface area (Å²) in [6, 6.07) is 0. The Morgan fingerprint density at radius 2 is 1.68 bits per heavy atom. The van der Waals surface area contributed by atoms with Crippen LogP contribution in [-0.2, 0) is 9.53 Å². The fourth-order valence-corrected chi connectivity index (χ4v) is 2.46. The van der Waals surface area contributed by atoms with Crippen molar-refractivity contribution in [2.24, 2.45) is 0 Å². The van der Waals surface area contributed by atoms with Crippen LogP contribution in [-0.4, -0.2) is 24.3 Å². The Morgan fingerprint density at radius 1 is 1.00 bits per heavy atom. The monoisotopic (exact) mass is 312 g/mol. The molecule has 1 atom stereocenters. The molecule has 0 saturated heterocycles. The van der Waals surface area contributed by atoms with Crippen molar-refractivity contribution in [3.63, 3.8) is 0 Å². The lowest BCUT2D eigenvalue weighted by atomic mass is 10.0. The Hall–Kier alpha value is -0.830. The Morgan fingerprint density at radius 3 is 2.41 bits per heavy atom. The third-order valence-corrected chi connectivity index (χ3v) is 3.95. The lowest BCUT2D eigenvalue weighted by Gasteiger charge is -2.07. The van der Waals surface area contributed by atoms with Crippen LogP contribution in [0.3, 0.4) is 0 Å². The van der Waals surface area contributed by atoms with E-state index in [9.17, 15) is 9.90 Å². The predicted molar refractivity (Wildman–Crippen MR) is 92.9 cm³/mol. The molecule has 0 amide bonds. The zero-order chi connectivity index (χ0) is 16.5. The second-order valence-corrected chi connectivity index (χ2v) is 6.09. The summed E-state index contributed by atoms with van der Waals surface area (Å²) in [6.45, 7) is 2.23. The van der Waals surface area contributed by atoms with E-state index < -0.39 is 0 Å². The van der Waals surface area contributed by atoms with Gasteiger partial charge in [-0.15, -0.1) is 0 Å². The molecule has 0 aromatic rings. The van der Waals surface area contributed by atoms with Crippen LogP contribution >= 0.6 is 0 Å². The number of carbonyl (C=O) groups excluding carboxylic acids is 1. The highest BCUT2D eigenvalue weighted by Crippen LogP contribution is 2.11. The number of unbranched alkanes of at least 4 members (excludes halogenated alkanes) is 8. The van der Waals surface area contributed by atoms with Crippen LogP contribution in [0.25, 0.3) is 0 Å². The van der Waals surface area contributed by atoms with Gasteiger partial charge in [0.25, 0.3) is 0 Å². The van der Waals surface area contributed by atoms with Gasteiger partial charge in [-0.1, -0.05) is 64.0 Å². The van der Waals surface area contributed by atoms with Crippen molar-refractivity contribution >= 4 is 5.97 Å². The quantitative estimate of drug-likeness (QED) is 0.258. The summed E-state index contributed by atoms with van der Waals surface area (Å²) in [5, 5.41) is 9.88. The molecule has 3 nitrogen and oxygen atoms in total. The first kappa shape index (κ1) is 21.2. The van der Waals surface area contributed by atoms with Gasteiger partial charge >= 0.3 is 5.97 Å². The van der Waals surface area contributed by atoms with Crippen LogP contribution in [0.2, 0.25) is 0 Å². The number of rotatable bonds is 15. The molecule has 3 heteroatoms. The molecule has 0 saturated carbocycles. The van der Waals surface area contributed by atoms with Gasteiger partial charge < -0.3 is 9.84 Å². The van der Waals surface area contributed by atoms with Crippen molar-refractivity contribution in [3.05, 3.63) is 12.2 Å². The van der Waals surface area contributed by atoms with Gasteiger partial charge in [0, 0.05) is 6.42 Å². The van der Waals surface area contributed by atoms with Gasteiger partial charge in [-0.2, -0.15) is 0 Å². The maximum absolute atomic E-state index is 10.9. The minimum Gasteiger partial charge on any atom is -0.469 e. The van der Waals surface area contributed by atoms with Crippen LogP contribution < -0.4 is 0 Å². The van der Waals surface area contributed by atoms with E-state index in [1.165, 1.54) is 32.8 Å². The van der Waals surface area contributed by atoms with Crippen molar-refractivity contribution < 1.29 is 14.6 Å². The molecule has 130 valence electrons. The zero-order valence-corrected chi connectivity index (χ0v) is 14.7. The van der Waals surface area contributed by atoms with Crippen molar-refractivity contribution in [1.29, 1.82) is 0 Å². The molecular weight excluding hydrogens is 276 g/mol. The molecule has 0 aliphatic carbocycles. The van der Waals surface area contributed by atoms with Crippen LogP contribution in [0.5, 0.6) is 0 Å². The lowest BCUT2D eigenvalue weighted by molar-refractivity contribution is -0.140. The first-order valence-electron chi connectivity index (χ1n) is 9.10. The zero-order valence-electron chi connectivity index (χ0n) is 14.7. The summed E-state index contributed by atoms with van der Waals surface area (Å²) in [5.41, 5.74) is 0. The Balaban J connectivity index is 3.30. The van der Waals surface area contributed by atoms with Crippen molar-refractivity contribution in [2.75, 3.05) is 7.11 Å². The van der Waals surface area contributed by atoms with E-state index in [1.54, 1.807) is 0 Å². The van der Waals surface area contributed by atoms with Crippen molar-refractivity contribution in [1.82, 2.24) is 0 Å². The van der Waals surface area contributed by atoms with Gasteiger partial charge in [-0.3, -0.25) is 4.79 Å². The van der Waals surface area contributed by atoms with Crippen LogP contribution in [0.4, 0.5) is 0 Å². The number of aliphatic hydroxyl groups excluding tert-OH is 1. The molecule has 0 aliphatic rings. The van der Waals surface area contributed by atoms with Gasteiger partial charge in [0.2, 0.25) is 0 Å². The highest BCUT2D eigenvalue weighted by molar-refractivity contribution is 5.68. The minimum atomic E-state index is -0.193. The van der Waals surface area contributed by atoms with Gasteiger partial charge in [0.15, 0.2) is 0 Å². The summed E-state index contributed by atoms with van der Waals surface area (Å²) in [5.74, 6) is -0.114. The Kier molecular flexibility index (Phi) is 15.9. The van der Waals surface area contributed by atoms with Crippen LogP contribution in [0.1, 0.15) is 90.4 Å². The number of hydrogen-bond donors (Lipinski definition) is 1. The normalized spacial score (nSPS) is 12.7. The molecule has 0 aromatic carbocycles.